The van der Waals surface area contributed by atoms with Gasteiger partial charge in [-0.15, -0.1) is 0 Å². The predicted octanol–water partition coefficient (Wildman–Crippen LogP) is 5.07. The Hall–Kier alpha value is -1.88. The van der Waals surface area contributed by atoms with Crippen molar-refractivity contribution in [3.05, 3.63) is 40.1 Å². The minimum atomic E-state index is -4.53. The summed E-state index contributed by atoms with van der Waals surface area (Å²) in [7, 11) is 2.14. The number of imidazole rings is 1. The van der Waals surface area contributed by atoms with E-state index in [-0.39, 0.29) is 23.4 Å². The molecule has 40 heavy (non-hydrogen) atoms. The molecule has 2 saturated heterocycles. The molecule has 5 atom stereocenters. The molecule has 10 heteroatoms. The van der Waals surface area contributed by atoms with Crippen LogP contribution in [0, 0.1) is 29.6 Å². The van der Waals surface area contributed by atoms with E-state index in [1.165, 1.54) is 29.5 Å². The fraction of sp³-hybridized carbons (Fsp3) is 0.767. The van der Waals surface area contributed by atoms with Crippen molar-refractivity contribution < 1.29 is 13.2 Å². The molecule has 4 aliphatic rings. The summed E-state index contributed by atoms with van der Waals surface area (Å²) in [5.41, 5.74) is 6.27. The Morgan fingerprint density at radius 2 is 1.82 bits per heavy atom. The molecule has 6 rings (SSSR count). The summed E-state index contributed by atoms with van der Waals surface area (Å²) in [4.78, 5) is 18.3. The topological polar surface area (TPSA) is 56.9 Å². The average Bonchev–Trinajstić information content (AvgIpc) is 3.45. The minimum Gasteiger partial charge on any atom is -0.299 e. The molecule has 0 amide bonds. The lowest BCUT2D eigenvalue weighted by Gasteiger charge is -2.48. The van der Waals surface area contributed by atoms with E-state index in [1.54, 1.807) is 10.8 Å². The third-order valence-corrected chi connectivity index (χ3v) is 10.3. The highest BCUT2D eigenvalue weighted by Crippen LogP contribution is 2.48. The lowest BCUT2D eigenvalue weighted by Crippen LogP contribution is -2.51. The number of nitrogens with zero attached hydrogens (tertiary/aromatic N) is 4. The fourth-order valence-electron chi connectivity index (χ4n) is 8.38. The molecule has 0 spiro atoms. The Balaban J connectivity index is 1.30. The van der Waals surface area contributed by atoms with Gasteiger partial charge in [0.2, 0.25) is 0 Å². The van der Waals surface area contributed by atoms with Crippen LogP contribution in [0.1, 0.15) is 82.4 Å². The zero-order valence-electron chi connectivity index (χ0n) is 24.1. The summed E-state index contributed by atoms with van der Waals surface area (Å²) in [5, 5.41) is 0. The second kappa shape index (κ2) is 11.1. The van der Waals surface area contributed by atoms with Crippen molar-refractivity contribution in [3.63, 3.8) is 0 Å². The molecule has 7 nitrogen and oxygen atoms in total. The predicted molar refractivity (Wildman–Crippen MR) is 149 cm³/mol. The van der Waals surface area contributed by atoms with Gasteiger partial charge in [-0.1, -0.05) is 20.3 Å². The first-order chi connectivity index (χ1) is 19.1. The van der Waals surface area contributed by atoms with Crippen molar-refractivity contribution in [3.8, 4) is 0 Å². The third kappa shape index (κ3) is 5.49. The molecule has 0 bridgehead atoms. The summed E-state index contributed by atoms with van der Waals surface area (Å²) in [6.45, 7) is 7.48. The van der Waals surface area contributed by atoms with Crippen LogP contribution in [0.25, 0.3) is 5.52 Å². The molecule has 2 aromatic heterocycles. The van der Waals surface area contributed by atoms with Crippen molar-refractivity contribution >= 4 is 5.52 Å². The Kier molecular flexibility index (Phi) is 7.82. The number of halogens is 3. The minimum absolute atomic E-state index is 0.0267. The van der Waals surface area contributed by atoms with Crippen LogP contribution in [-0.4, -0.2) is 51.7 Å². The van der Waals surface area contributed by atoms with Crippen LogP contribution in [0.15, 0.2) is 23.3 Å². The molecule has 0 aromatic carbocycles. The van der Waals surface area contributed by atoms with Crippen molar-refractivity contribution in [1.82, 2.24) is 29.6 Å². The van der Waals surface area contributed by atoms with E-state index in [2.05, 4.69) is 41.5 Å². The van der Waals surface area contributed by atoms with Crippen LogP contribution in [0.4, 0.5) is 13.2 Å². The van der Waals surface area contributed by atoms with Crippen molar-refractivity contribution in [2.24, 2.45) is 29.6 Å². The highest BCUT2D eigenvalue weighted by atomic mass is 19.4. The molecular formula is C30H45F3N6O. The standard InChI is InChI=1S/C30H45F3N6O/c1-19-6-5-9-37(14-19)15-21-12-25(30(31,32)33)26-17-38(29(40)39(26)16-21)24-8-4-7-22(13-24)27(23-10-20(2)11-23)28-35-34-18-36(28)3/h12,16-17,19-20,22-24,27-28,34-35H,4-11,13-15,18H2,1-3H3/t19-,20?,22-,23?,24?,27?,28?/m0/s1. The smallest absolute Gasteiger partial charge is 0.299 e. The summed E-state index contributed by atoms with van der Waals surface area (Å²) >= 11 is 0. The van der Waals surface area contributed by atoms with Gasteiger partial charge in [0.25, 0.3) is 0 Å². The molecule has 0 radical (unpaired) electrons. The largest absolute Gasteiger partial charge is 0.418 e. The van der Waals surface area contributed by atoms with Gasteiger partial charge in [0.05, 0.1) is 23.9 Å². The SMILES string of the molecule is CC1CC(C(C2NNCN2C)[C@H]2CCCC(n3cc4c(C(F)(F)F)cc(CN5CCC[C@H](C)C5)cn4c3=O)C2)C1. The summed E-state index contributed by atoms with van der Waals surface area (Å²) in [6.07, 6.45) is 7.26. The van der Waals surface area contributed by atoms with E-state index < -0.39 is 11.7 Å². The van der Waals surface area contributed by atoms with Gasteiger partial charge in [-0.25, -0.2) is 15.6 Å². The fourth-order valence-corrected chi connectivity index (χ4v) is 8.38. The maximum Gasteiger partial charge on any atom is 0.418 e. The monoisotopic (exact) mass is 562 g/mol. The van der Waals surface area contributed by atoms with Crippen molar-refractivity contribution in [2.75, 3.05) is 26.8 Å². The van der Waals surface area contributed by atoms with Gasteiger partial charge in [-0.05, 0) is 99.8 Å². The van der Waals surface area contributed by atoms with Gasteiger partial charge in [0.1, 0.15) is 0 Å². The highest BCUT2D eigenvalue weighted by molar-refractivity contribution is 5.56. The zero-order valence-corrected chi connectivity index (χ0v) is 24.1. The second-order valence-electron chi connectivity index (χ2n) is 13.5. The van der Waals surface area contributed by atoms with Crippen LogP contribution in [0.2, 0.25) is 0 Å². The van der Waals surface area contributed by atoms with Crippen LogP contribution >= 0.6 is 0 Å². The Morgan fingerprint density at radius 3 is 2.50 bits per heavy atom. The van der Waals surface area contributed by atoms with Gasteiger partial charge in [0, 0.05) is 31.5 Å². The van der Waals surface area contributed by atoms with E-state index in [4.69, 9.17) is 0 Å². The van der Waals surface area contributed by atoms with Gasteiger partial charge >= 0.3 is 11.9 Å². The number of fused-ring (bicyclic) bond motifs is 1. The number of hydrazine groups is 1. The number of nitrogens with one attached hydrogen (secondary N) is 2. The summed E-state index contributed by atoms with van der Waals surface area (Å²) < 4.78 is 45.8. The van der Waals surface area contributed by atoms with Gasteiger partial charge in [-0.3, -0.25) is 18.8 Å². The lowest BCUT2D eigenvalue weighted by molar-refractivity contribution is -0.136. The molecule has 4 fully saturated rings. The molecule has 2 N–H and O–H groups in total. The molecule has 4 heterocycles. The number of likely N-dealkylation sites (tertiary alicyclic amines) is 1. The number of pyridine rings is 1. The molecule has 222 valence electrons. The van der Waals surface area contributed by atoms with E-state index in [0.29, 0.717) is 35.8 Å². The summed E-state index contributed by atoms with van der Waals surface area (Å²) in [6, 6.07) is 1.18. The molecule has 2 aliphatic heterocycles. The first-order valence-electron chi connectivity index (χ1n) is 15.3. The first-order valence-corrected chi connectivity index (χ1v) is 15.3. The van der Waals surface area contributed by atoms with Crippen molar-refractivity contribution in [1.29, 1.82) is 0 Å². The van der Waals surface area contributed by atoms with Crippen LogP contribution in [0.5, 0.6) is 0 Å². The van der Waals surface area contributed by atoms with E-state index in [1.807, 2.05) is 0 Å². The molecular weight excluding hydrogens is 517 g/mol. The quantitative estimate of drug-likeness (QED) is 0.515. The number of alkyl halides is 3. The van der Waals surface area contributed by atoms with E-state index in [0.717, 1.165) is 64.2 Å². The van der Waals surface area contributed by atoms with Gasteiger partial charge in [0.15, 0.2) is 0 Å². The molecule has 2 aromatic rings. The Labute approximate surface area is 235 Å². The van der Waals surface area contributed by atoms with Gasteiger partial charge in [-0.2, -0.15) is 13.2 Å². The normalized spacial score (nSPS) is 33.4. The lowest BCUT2D eigenvalue weighted by atomic mass is 9.61. The second-order valence-corrected chi connectivity index (χ2v) is 13.5. The number of hydrogen-bond donors (Lipinski definition) is 2. The maximum atomic E-state index is 14.3. The zero-order chi connectivity index (χ0) is 28.2. The van der Waals surface area contributed by atoms with Crippen LogP contribution in [0.3, 0.4) is 0 Å². The number of aromatic nitrogens is 2. The average molecular weight is 563 g/mol. The molecule has 3 unspecified atom stereocenters. The first kappa shape index (κ1) is 28.2. The molecule has 2 saturated carbocycles. The highest BCUT2D eigenvalue weighted by Gasteiger charge is 2.45. The van der Waals surface area contributed by atoms with Gasteiger partial charge < -0.3 is 0 Å². The Bertz CT molecular complexity index is 1250. The van der Waals surface area contributed by atoms with Crippen LogP contribution < -0.4 is 16.5 Å². The van der Waals surface area contributed by atoms with E-state index in [9.17, 15) is 18.0 Å². The number of hydrogen-bond acceptors (Lipinski definition) is 5. The molecule has 2 aliphatic carbocycles. The summed E-state index contributed by atoms with van der Waals surface area (Å²) in [5.74, 6) is 2.79. The third-order valence-electron chi connectivity index (χ3n) is 10.3. The maximum absolute atomic E-state index is 14.3. The van der Waals surface area contributed by atoms with E-state index >= 15 is 0 Å². The van der Waals surface area contributed by atoms with Crippen molar-refractivity contribution in [2.45, 2.75) is 90.1 Å². The van der Waals surface area contributed by atoms with Crippen LogP contribution in [-0.2, 0) is 12.7 Å². The number of rotatable bonds is 6. The Morgan fingerprint density at radius 1 is 1.02 bits per heavy atom. The number of piperidine rings is 1.